The molecule has 6 nitrogen and oxygen atoms in total. The highest BCUT2D eigenvalue weighted by Crippen LogP contribution is 2.29. The minimum absolute atomic E-state index is 0.0506. The first-order chi connectivity index (χ1) is 15.3. The second kappa shape index (κ2) is 10.2. The van der Waals surface area contributed by atoms with Gasteiger partial charge in [-0.1, -0.05) is 36.4 Å². The molecular formula is C23H21F2NO5S. The van der Waals surface area contributed by atoms with Gasteiger partial charge in [-0.2, -0.15) is 8.78 Å². The minimum Gasteiger partial charge on any atom is -0.493 e. The average molecular weight is 461 g/mol. The molecule has 0 atom stereocenters. The largest absolute Gasteiger partial charge is 0.493 e. The van der Waals surface area contributed by atoms with Gasteiger partial charge in [-0.15, -0.1) is 0 Å². The lowest BCUT2D eigenvalue weighted by Crippen LogP contribution is -2.23. The van der Waals surface area contributed by atoms with E-state index in [1.165, 1.54) is 37.4 Å². The Bertz CT molecular complexity index is 1180. The maximum atomic E-state index is 12.6. The molecule has 0 heterocycles. The van der Waals surface area contributed by atoms with Gasteiger partial charge in [0.2, 0.25) is 0 Å². The minimum atomic E-state index is -3.55. The number of rotatable bonds is 9. The van der Waals surface area contributed by atoms with Crippen molar-refractivity contribution in [3.05, 3.63) is 89.5 Å². The second-order valence-corrected chi connectivity index (χ2v) is 8.81. The number of carbonyl (C=O) groups excluding carboxylic acids is 1. The van der Waals surface area contributed by atoms with Gasteiger partial charge in [-0.05, 0) is 47.5 Å². The topological polar surface area (TPSA) is 81.7 Å². The van der Waals surface area contributed by atoms with Gasteiger partial charge in [0.1, 0.15) is 0 Å². The Morgan fingerprint density at radius 1 is 0.938 bits per heavy atom. The molecule has 168 valence electrons. The fourth-order valence-electron chi connectivity index (χ4n) is 3.04. The highest BCUT2D eigenvalue weighted by atomic mass is 32.2. The summed E-state index contributed by atoms with van der Waals surface area (Å²) < 4.78 is 59.7. The zero-order valence-electron chi connectivity index (χ0n) is 17.1. The van der Waals surface area contributed by atoms with Crippen LogP contribution in [0, 0.1) is 0 Å². The fourth-order valence-corrected chi connectivity index (χ4v) is 4.39. The van der Waals surface area contributed by atoms with Gasteiger partial charge in [0.25, 0.3) is 5.91 Å². The van der Waals surface area contributed by atoms with E-state index in [2.05, 4.69) is 10.1 Å². The fraction of sp³-hybridized carbons (Fsp3) is 0.174. The lowest BCUT2D eigenvalue weighted by Gasteiger charge is -2.12. The molecule has 1 amide bonds. The molecule has 1 N–H and O–H groups in total. The van der Waals surface area contributed by atoms with Crippen molar-refractivity contribution in [2.24, 2.45) is 0 Å². The summed E-state index contributed by atoms with van der Waals surface area (Å²) in [5, 5.41) is 2.68. The van der Waals surface area contributed by atoms with Gasteiger partial charge >= 0.3 is 6.61 Å². The van der Waals surface area contributed by atoms with Crippen LogP contribution in [0.3, 0.4) is 0 Å². The number of methoxy groups -OCH3 is 1. The molecule has 32 heavy (non-hydrogen) atoms. The van der Waals surface area contributed by atoms with Crippen molar-refractivity contribution >= 4 is 15.7 Å². The lowest BCUT2D eigenvalue weighted by molar-refractivity contribution is -0.0512. The first-order valence-corrected chi connectivity index (χ1v) is 11.2. The second-order valence-electron chi connectivity index (χ2n) is 6.82. The van der Waals surface area contributed by atoms with Gasteiger partial charge < -0.3 is 14.8 Å². The number of halogens is 2. The first-order valence-electron chi connectivity index (χ1n) is 9.55. The molecule has 3 aromatic carbocycles. The Kier molecular flexibility index (Phi) is 7.42. The Hall–Kier alpha value is -3.46. The third-order valence-electron chi connectivity index (χ3n) is 4.55. The van der Waals surface area contributed by atoms with Gasteiger partial charge in [0.15, 0.2) is 21.3 Å². The van der Waals surface area contributed by atoms with Crippen LogP contribution in [0.15, 0.2) is 77.7 Å². The van der Waals surface area contributed by atoms with Crippen molar-refractivity contribution in [1.82, 2.24) is 5.32 Å². The van der Waals surface area contributed by atoms with Crippen LogP contribution in [0.5, 0.6) is 11.5 Å². The zero-order valence-corrected chi connectivity index (χ0v) is 17.9. The van der Waals surface area contributed by atoms with Crippen molar-refractivity contribution in [3.8, 4) is 11.5 Å². The molecule has 0 aliphatic carbocycles. The van der Waals surface area contributed by atoms with Gasteiger partial charge in [-0.3, -0.25) is 4.79 Å². The number of sulfone groups is 1. The number of carbonyl (C=O) groups is 1. The summed E-state index contributed by atoms with van der Waals surface area (Å²) in [6, 6.07) is 18.8. The number of alkyl halides is 2. The van der Waals surface area contributed by atoms with Crippen LogP contribution < -0.4 is 14.8 Å². The lowest BCUT2D eigenvalue weighted by atomic mass is 10.1. The van der Waals surface area contributed by atoms with Gasteiger partial charge in [0.05, 0.1) is 17.8 Å². The summed E-state index contributed by atoms with van der Waals surface area (Å²) >= 11 is 0. The molecule has 0 fully saturated rings. The maximum Gasteiger partial charge on any atom is 0.387 e. The summed E-state index contributed by atoms with van der Waals surface area (Å²) in [7, 11) is -2.22. The van der Waals surface area contributed by atoms with Crippen molar-refractivity contribution in [3.63, 3.8) is 0 Å². The van der Waals surface area contributed by atoms with Crippen LogP contribution in [-0.2, 0) is 22.1 Å². The molecule has 0 aromatic heterocycles. The number of hydrogen-bond donors (Lipinski definition) is 1. The summed E-state index contributed by atoms with van der Waals surface area (Å²) in [5.74, 6) is -0.670. The number of ether oxygens (including phenoxy) is 2. The molecule has 3 aromatic rings. The molecule has 0 saturated carbocycles. The molecule has 0 saturated heterocycles. The quantitative estimate of drug-likeness (QED) is 0.517. The monoisotopic (exact) mass is 461 g/mol. The molecule has 3 rings (SSSR count). The van der Waals surface area contributed by atoms with Crippen LogP contribution in [0.25, 0.3) is 0 Å². The smallest absolute Gasteiger partial charge is 0.387 e. The zero-order chi connectivity index (χ0) is 23.1. The highest BCUT2D eigenvalue weighted by molar-refractivity contribution is 7.90. The van der Waals surface area contributed by atoms with E-state index in [4.69, 9.17) is 4.74 Å². The van der Waals surface area contributed by atoms with Crippen molar-refractivity contribution in [2.45, 2.75) is 23.8 Å². The van der Waals surface area contributed by atoms with E-state index in [0.717, 1.165) is 0 Å². The van der Waals surface area contributed by atoms with E-state index < -0.39 is 22.4 Å². The summed E-state index contributed by atoms with van der Waals surface area (Å²) in [6.07, 6.45) is 0. The number of nitrogens with one attached hydrogen (secondary N) is 1. The Morgan fingerprint density at radius 2 is 1.69 bits per heavy atom. The highest BCUT2D eigenvalue weighted by Gasteiger charge is 2.16. The predicted molar refractivity (Wildman–Crippen MR) is 115 cm³/mol. The maximum absolute atomic E-state index is 12.6. The molecule has 0 unspecified atom stereocenters. The van der Waals surface area contributed by atoms with Crippen LogP contribution in [0.4, 0.5) is 8.78 Å². The summed E-state index contributed by atoms with van der Waals surface area (Å²) in [5.41, 5.74) is 1.28. The molecule has 0 spiro atoms. The normalized spacial score (nSPS) is 11.2. The van der Waals surface area contributed by atoms with E-state index in [1.807, 2.05) is 0 Å². The molecule has 0 aliphatic rings. The third kappa shape index (κ3) is 6.04. The molecule has 0 aliphatic heterocycles. The van der Waals surface area contributed by atoms with Crippen LogP contribution in [-0.4, -0.2) is 28.0 Å². The Morgan fingerprint density at radius 3 is 2.38 bits per heavy atom. The van der Waals surface area contributed by atoms with Gasteiger partial charge in [-0.25, -0.2) is 8.42 Å². The van der Waals surface area contributed by atoms with Crippen LogP contribution >= 0.6 is 0 Å². The van der Waals surface area contributed by atoms with E-state index in [9.17, 15) is 22.0 Å². The molecular weight excluding hydrogens is 440 g/mol. The third-order valence-corrected chi connectivity index (χ3v) is 6.25. The van der Waals surface area contributed by atoms with E-state index in [1.54, 1.807) is 42.5 Å². The van der Waals surface area contributed by atoms with E-state index >= 15 is 0 Å². The van der Waals surface area contributed by atoms with E-state index in [-0.39, 0.29) is 34.3 Å². The molecule has 9 heteroatoms. The first kappa shape index (κ1) is 23.2. The molecule has 0 bridgehead atoms. The van der Waals surface area contributed by atoms with Crippen molar-refractivity contribution in [2.75, 3.05) is 7.11 Å². The van der Waals surface area contributed by atoms with Crippen molar-refractivity contribution < 1.29 is 31.5 Å². The SMILES string of the molecule is COc1ccc(CNC(=O)c2cccc(CS(=O)(=O)c3ccccc3)c2)cc1OC(F)F. The Balaban J connectivity index is 1.69. The average Bonchev–Trinajstić information content (AvgIpc) is 2.77. The summed E-state index contributed by atoms with van der Waals surface area (Å²) in [6.45, 7) is -2.96. The number of hydrogen-bond acceptors (Lipinski definition) is 5. The summed E-state index contributed by atoms with van der Waals surface area (Å²) in [4.78, 5) is 12.8. The van der Waals surface area contributed by atoms with E-state index in [0.29, 0.717) is 11.1 Å². The standard InChI is InChI=1S/C23H21F2NO5S/c1-30-20-11-10-16(13-21(20)31-23(24)25)14-26-22(27)18-7-5-6-17(12-18)15-32(28,29)19-8-3-2-4-9-19/h2-13,23H,14-15H2,1H3,(H,26,27). The Labute approximate surface area is 184 Å². The van der Waals surface area contributed by atoms with Crippen LogP contribution in [0.1, 0.15) is 21.5 Å². The van der Waals surface area contributed by atoms with Crippen LogP contribution in [0.2, 0.25) is 0 Å². The van der Waals surface area contributed by atoms with Crippen molar-refractivity contribution in [1.29, 1.82) is 0 Å². The number of benzene rings is 3. The molecule has 0 radical (unpaired) electrons. The number of amides is 1. The predicted octanol–water partition coefficient (Wildman–Crippen LogP) is 4.20. The van der Waals surface area contributed by atoms with Gasteiger partial charge in [0, 0.05) is 12.1 Å².